The van der Waals surface area contributed by atoms with Crippen LogP contribution in [0.4, 0.5) is 0 Å². The van der Waals surface area contributed by atoms with Crippen LogP contribution < -0.4 is 0 Å². The molecule has 8 aliphatic rings. The Hall–Kier alpha value is 2.50. The van der Waals surface area contributed by atoms with Gasteiger partial charge in [0.2, 0.25) is 0 Å². The molecule has 2 unspecified atom stereocenters. The van der Waals surface area contributed by atoms with Crippen LogP contribution in [0, 0.1) is 0 Å². The van der Waals surface area contributed by atoms with Gasteiger partial charge >= 0.3 is 0 Å². The first kappa shape index (κ1) is 44.9. The lowest BCUT2D eigenvalue weighted by molar-refractivity contribution is 0.158. The summed E-state index contributed by atoms with van der Waals surface area (Å²) in [6.07, 6.45) is 38.1. The molecule has 0 aromatic heterocycles. The van der Waals surface area contributed by atoms with Crippen LogP contribution in [0.3, 0.4) is 0 Å². The average molecular weight is 780 g/mol. The summed E-state index contributed by atoms with van der Waals surface area (Å²) >= 11 is 0. The van der Waals surface area contributed by atoms with E-state index < -0.39 is 0 Å². The Kier molecular flexibility index (Phi) is 25.4. The van der Waals surface area contributed by atoms with Crippen molar-refractivity contribution >= 4 is 47.5 Å². The molecule has 284 valence electrons. The molecule has 0 amide bonds. The van der Waals surface area contributed by atoms with Crippen LogP contribution in [0.25, 0.3) is 0 Å². The largest absolute Gasteiger partial charge is 0.381 e. The molecule has 2 atom stereocenters. The van der Waals surface area contributed by atoms with Gasteiger partial charge in [-0.25, -0.2) is 0 Å². The highest BCUT2D eigenvalue weighted by molar-refractivity contribution is 7.59. The molecule has 0 spiro atoms. The van der Waals surface area contributed by atoms with Crippen LogP contribution in [-0.2, 0) is 4.74 Å². The van der Waals surface area contributed by atoms with E-state index in [0.29, 0.717) is 47.5 Å². The Morgan fingerprint density at radius 2 is 0.708 bits per heavy atom. The van der Waals surface area contributed by atoms with Gasteiger partial charge in [-0.15, -0.1) is 47.5 Å². The van der Waals surface area contributed by atoms with E-state index >= 15 is 0 Å². The fourth-order valence-electron chi connectivity index (χ4n) is 8.61. The third kappa shape index (κ3) is 19.2. The van der Waals surface area contributed by atoms with Crippen LogP contribution in [-0.4, -0.2) is 150 Å². The van der Waals surface area contributed by atoms with Gasteiger partial charge in [0, 0.05) is 13.1 Å². The van der Waals surface area contributed by atoms with Gasteiger partial charge in [-0.1, -0.05) is 32.1 Å². The highest BCUT2D eigenvalue weighted by Gasteiger charge is 2.33. The molecule has 4 bridgehead atoms. The molecule has 0 aromatic carbocycles. The maximum Gasteiger partial charge on any atom is 0.0505 e. The standard InChI is InChI=1S/2C9H17P.C6H14NP.C6H13P.C5H11OP.C5H11P/c1-10-8-4-2-5-9(10)7-3-6-8;1-10-8-4-2-3-5-9(10)7-6-8;1-7-3-5-8(2)6-4-7;1-7-5-3-2-4-6-7;1-7-4-2-6-3-5-7;1-6-4-2-3-5-6/h2*8-9H,2-7H2,1H3;3-6H2,1-2H3;2-6H2,1H3;2-5H2,1H3;2-5H2,1H3. The Morgan fingerprint density at radius 3 is 1.04 bits per heavy atom. The molecule has 48 heavy (non-hydrogen) atoms. The Labute approximate surface area is 310 Å². The van der Waals surface area contributed by atoms with Gasteiger partial charge < -0.3 is 9.64 Å². The van der Waals surface area contributed by atoms with Crippen LogP contribution in [0.15, 0.2) is 0 Å². The first-order chi connectivity index (χ1) is 23.2. The molecular weight excluding hydrogens is 696 g/mol. The zero-order chi connectivity index (χ0) is 34.6. The van der Waals surface area contributed by atoms with Crippen molar-refractivity contribution in [2.45, 2.75) is 132 Å². The van der Waals surface area contributed by atoms with E-state index in [0.717, 1.165) is 13.2 Å². The monoisotopic (exact) mass is 779 g/mol. The summed E-state index contributed by atoms with van der Waals surface area (Å²) in [5, 5.41) is 0. The molecule has 0 aromatic rings. The number of fused-ring (bicyclic) bond motifs is 4. The molecule has 0 aliphatic carbocycles. The lowest BCUT2D eigenvalue weighted by Gasteiger charge is -2.41. The smallest absolute Gasteiger partial charge is 0.0505 e. The van der Waals surface area contributed by atoms with E-state index in [-0.39, 0.29) is 0 Å². The lowest BCUT2D eigenvalue weighted by atomic mass is 9.99. The zero-order valence-corrected chi connectivity index (χ0v) is 38.7. The van der Waals surface area contributed by atoms with Gasteiger partial charge in [-0.2, -0.15) is 0 Å². The second kappa shape index (κ2) is 27.1. The Morgan fingerprint density at radius 1 is 0.375 bits per heavy atom. The maximum atomic E-state index is 5.16. The molecule has 0 N–H and O–H groups in total. The molecule has 2 nitrogen and oxygen atoms in total. The minimum absolute atomic E-state index is 0.383. The molecule has 8 heteroatoms. The summed E-state index contributed by atoms with van der Waals surface area (Å²) in [5.74, 6) is 0. The maximum absolute atomic E-state index is 5.16. The third-order valence-electron chi connectivity index (χ3n) is 12.5. The average Bonchev–Trinajstić information content (AvgIpc) is 3.64. The molecule has 8 heterocycles. The van der Waals surface area contributed by atoms with Gasteiger partial charge in [-0.3, -0.25) is 0 Å². The van der Waals surface area contributed by atoms with Crippen LogP contribution in [0.2, 0.25) is 0 Å². The van der Waals surface area contributed by atoms with Crippen molar-refractivity contribution in [2.24, 2.45) is 0 Å². The summed E-state index contributed by atoms with van der Waals surface area (Å²) in [4.78, 5) is 2.42. The number of nitrogens with zero attached hydrogens (tertiary/aromatic N) is 1. The van der Waals surface area contributed by atoms with E-state index in [2.05, 4.69) is 51.9 Å². The second-order valence-corrected chi connectivity index (χ2v) is 32.6. The van der Waals surface area contributed by atoms with Gasteiger partial charge in [0.1, 0.15) is 0 Å². The Bertz CT molecular complexity index is 693. The topological polar surface area (TPSA) is 12.5 Å². The summed E-state index contributed by atoms with van der Waals surface area (Å²) in [7, 11) is 5.02. The van der Waals surface area contributed by atoms with E-state index in [1.54, 1.807) is 88.9 Å². The van der Waals surface area contributed by atoms with E-state index in [1.165, 1.54) is 105 Å². The number of hydrogen-bond donors (Lipinski definition) is 0. The van der Waals surface area contributed by atoms with Crippen LogP contribution in [0.5, 0.6) is 0 Å². The fourth-order valence-corrected chi connectivity index (χ4v) is 20.7. The SMILES string of the molecule is CN1CCP(C)CC1.CP1C2CCCC1CCC2.CP1C2CCCCC1CC2.CP1CCCC1.CP1CCCCC1.CP1CCOCC1. The van der Waals surface area contributed by atoms with E-state index in [1.807, 2.05) is 0 Å². The van der Waals surface area contributed by atoms with E-state index in [9.17, 15) is 0 Å². The predicted octanol–water partition coefficient (Wildman–Crippen LogP) is 12.8. The number of rotatable bonds is 0. The van der Waals surface area contributed by atoms with Gasteiger partial charge in [0.15, 0.2) is 0 Å². The lowest BCUT2D eigenvalue weighted by Crippen LogP contribution is -2.29. The molecule has 8 rings (SSSR count). The predicted molar refractivity (Wildman–Crippen MR) is 238 cm³/mol. The minimum atomic E-state index is 0.383. The minimum Gasteiger partial charge on any atom is -0.381 e. The van der Waals surface area contributed by atoms with Gasteiger partial charge in [0.05, 0.1) is 13.2 Å². The molecular formula is C40H83NOP6. The molecule has 8 fully saturated rings. The summed E-state index contributed by atoms with van der Waals surface area (Å²) in [5.41, 5.74) is 4.73. The highest BCUT2D eigenvalue weighted by atomic mass is 31.1. The van der Waals surface area contributed by atoms with E-state index in [4.69, 9.17) is 4.74 Å². The molecule has 8 aliphatic heterocycles. The highest BCUT2D eigenvalue weighted by Crippen LogP contribution is 2.58. The first-order valence-electron chi connectivity index (χ1n) is 20.7. The van der Waals surface area contributed by atoms with Gasteiger partial charge in [0.25, 0.3) is 0 Å². The van der Waals surface area contributed by atoms with Crippen molar-refractivity contribution in [1.82, 2.24) is 4.90 Å². The molecule has 0 radical (unpaired) electrons. The fraction of sp³-hybridized carbons (Fsp3) is 1.00. The summed E-state index contributed by atoms with van der Waals surface area (Å²) in [6, 6.07) is 0. The van der Waals surface area contributed by atoms with Crippen molar-refractivity contribution in [1.29, 1.82) is 0 Å². The first-order valence-corrected chi connectivity index (χ1v) is 33.2. The molecule has 0 saturated carbocycles. The van der Waals surface area contributed by atoms with Crippen molar-refractivity contribution in [3.8, 4) is 0 Å². The number of ether oxygens (including phenoxy) is 1. The summed E-state index contributed by atoms with van der Waals surface area (Å²) in [6.45, 7) is 19.4. The third-order valence-corrected chi connectivity index (χ3v) is 27.3. The Balaban J connectivity index is 0.000000158. The second-order valence-electron chi connectivity index (χ2n) is 16.6. The quantitative estimate of drug-likeness (QED) is 0.227. The number of hydrogen-bond acceptors (Lipinski definition) is 2. The van der Waals surface area contributed by atoms with Gasteiger partial charge in [-0.05, 0) is 196 Å². The normalized spacial score (nSPS) is 34.6. The van der Waals surface area contributed by atoms with Crippen LogP contribution in [0.1, 0.15) is 109 Å². The van der Waals surface area contributed by atoms with Crippen molar-refractivity contribution < 1.29 is 4.74 Å². The zero-order valence-electron chi connectivity index (χ0n) is 33.4. The van der Waals surface area contributed by atoms with Crippen molar-refractivity contribution in [3.05, 3.63) is 0 Å². The molecule has 8 saturated heterocycles. The van der Waals surface area contributed by atoms with Crippen molar-refractivity contribution in [3.63, 3.8) is 0 Å². The van der Waals surface area contributed by atoms with Crippen LogP contribution >= 0.6 is 47.5 Å². The summed E-state index contributed by atoms with van der Waals surface area (Å²) < 4.78 is 5.16. The van der Waals surface area contributed by atoms with Crippen molar-refractivity contribution in [2.75, 3.05) is 123 Å².